The van der Waals surface area contributed by atoms with E-state index in [0.717, 1.165) is 30.2 Å². The number of rotatable bonds is 5. The fourth-order valence-corrected chi connectivity index (χ4v) is 4.29. The molecule has 0 unspecified atom stereocenters. The molecule has 1 fully saturated rings. The van der Waals surface area contributed by atoms with Crippen molar-refractivity contribution >= 4 is 22.4 Å². The Morgan fingerprint density at radius 1 is 1.38 bits per heavy atom. The van der Waals surface area contributed by atoms with Gasteiger partial charge in [0.05, 0.1) is 24.0 Å². The van der Waals surface area contributed by atoms with E-state index in [1.165, 1.54) is 30.6 Å². The second-order valence-electron chi connectivity index (χ2n) is 7.15. The molecular weight excluding hydrogens is 352 g/mol. The number of fused-ring (bicyclic) bond motifs is 1. The first-order valence-corrected chi connectivity index (χ1v) is 10.0. The van der Waals surface area contributed by atoms with E-state index >= 15 is 0 Å². The van der Waals surface area contributed by atoms with Crippen LogP contribution in [0.5, 0.6) is 0 Å². The number of nitrogens with zero attached hydrogens (tertiary/aromatic N) is 5. The van der Waals surface area contributed by atoms with Crippen LogP contribution in [0.4, 0.5) is 5.13 Å². The third kappa shape index (κ3) is 3.79. The normalized spacial score (nSPS) is 19.5. The van der Waals surface area contributed by atoms with Crippen LogP contribution in [0, 0.1) is 0 Å². The maximum atomic E-state index is 12.4. The summed E-state index contributed by atoms with van der Waals surface area (Å²) in [6.45, 7) is 4.32. The zero-order valence-electron chi connectivity index (χ0n) is 14.9. The number of nitrogens with one attached hydrogen (secondary N) is 1. The lowest BCUT2D eigenvalue weighted by atomic mass is 9.86. The van der Waals surface area contributed by atoms with Crippen molar-refractivity contribution in [2.75, 3.05) is 18.4 Å². The van der Waals surface area contributed by atoms with Crippen molar-refractivity contribution in [1.82, 2.24) is 24.9 Å². The molecule has 0 radical (unpaired) electrons. The minimum Gasteiger partial charge on any atom is -0.387 e. The molecule has 0 saturated heterocycles. The highest BCUT2D eigenvalue weighted by molar-refractivity contribution is 7.15. The lowest BCUT2D eigenvalue weighted by Crippen LogP contribution is -2.33. The molecule has 26 heavy (non-hydrogen) atoms. The van der Waals surface area contributed by atoms with E-state index in [0.29, 0.717) is 29.8 Å². The quantitative estimate of drug-likeness (QED) is 0.827. The van der Waals surface area contributed by atoms with E-state index in [1.807, 2.05) is 10.7 Å². The highest BCUT2D eigenvalue weighted by Gasteiger charge is 2.24. The molecule has 1 atom stereocenters. The summed E-state index contributed by atoms with van der Waals surface area (Å²) in [4.78, 5) is 14.5. The smallest absolute Gasteiger partial charge is 0.240 e. The fraction of sp³-hybridized carbons (Fsp3) is 0.647. The van der Waals surface area contributed by atoms with E-state index in [4.69, 9.17) is 0 Å². The Bertz CT molecular complexity index is 782. The standard InChI is InChI=1S/C17H24N6O2S/c1-11(24)14-8-13-9-22(6-3-7-23(13)21-14)10-15(25)18-17-20-19-16(26-17)12-4-2-5-12/h8,11-12,24H,2-7,9-10H2,1H3,(H,18,20,25)/t11-/m0/s1. The average Bonchev–Trinajstić information content (AvgIpc) is 3.09. The summed E-state index contributed by atoms with van der Waals surface area (Å²) < 4.78 is 1.94. The number of aromatic nitrogens is 4. The molecule has 3 heterocycles. The number of aliphatic hydroxyl groups excluding tert-OH is 1. The number of amides is 1. The number of aryl methyl sites for hydroxylation is 1. The van der Waals surface area contributed by atoms with Gasteiger partial charge in [-0.05, 0) is 32.3 Å². The first-order chi connectivity index (χ1) is 12.6. The lowest BCUT2D eigenvalue weighted by Gasteiger charge is -2.21. The predicted molar refractivity (Wildman–Crippen MR) is 97.9 cm³/mol. The van der Waals surface area contributed by atoms with Crippen molar-refractivity contribution in [3.63, 3.8) is 0 Å². The SMILES string of the molecule is C[C@H](O)c1cc2n(n1)CCCN(CC(=O)Nc1nnc(C3CCC3)s1)C2. The van der Waals surface area contributed by atoms with Crippen LogP contribution in [-0.4, -0.2) is 49.0 Å². The van der Waals surface area contributed by atoms with Crippen LogP contribution in [0.15, 0.2) is 6.07 Å². The third-order valence-corrected chi connectivity index (χ3v) is 6.05. The van der Waals surface area contributed by atoms with Crippen molar-refractivity contribution in [3.05, 3.63) is 22.5 Å². The molecule has 0 bridgehead atoms. The molecule has 2 aromatic heterocycles. The molecule has 8 nitrogen and oxygen atoms in total. The Balaban J connectivity index is 1.35. The van der Waals surface area contributed by atoms with Crippen LogP contribution in [0.2, 0.25) is 0 Å². The Morgan fingerprint density at radius 2 is 2.23 bits per heavy atom. The molecule has 2 N–H and O–H groups in total. The predicted octanol–water partition coefficient (Wildman–Crippen LogP) is 1.90. The van der Waals surface area contributed by atoms with Gasteiger partial charge in [-0.25, -0.2) is 0 Å². The molecule has 4 rings (SSSR count). The van der Waals surface area contributed by atoms with Crippen molar-refractivity contribution in [3.8, 4) is 0 Å². The summed E-state index contributed by atoms with van der Waals surface area (Å²) in [5.74, 6) is 0.470. The minimum atomic E-state index is -0.576. The van der Waals surface area contributed by atoms with Gasteiger partial charge in [0.1, 0.15) is 5.01 Å². The van der Waals surface area contributed by atoms with Gasteiger partial charge in [-0.2, -0.15) is 5.10 Å². The van der Waals surface area contributed by atoms with Crippen molar-refractivity contribution < 1.29 is 9.90 Å². The molecule has 2 aromatic rings. The molecule has 0 aromatic carbocycles. The summed E-state index contributed by atoms with van der Waals surface area (Å²) in [5.41, 5.74) is 1.72. The summed E-state index contributed by atoms with van der Waals surface area (Å²) in [6.07, 6.45) is 3.96. The maximum absolute atomic E-state index is 12.4. The average molecular weight is 376 g/mol. The minimum absolute atomic E-state index is 0.0648. The van der Waals surface area contributed by atoms with Gasteiger partial charge in [-0.3, -0.25) is 19.7 Å². The van der Waals surface area contributed by atoms with Crippen LogP contribution in [-0.2, 0) is 17.9 Å². The molecule has 140 valence electrons. The van der Waals surface area contributed by atoms with E-state index in [9.17, 15) is 9.90 Å². The Kier molecular flexibility index (Phi) is 5.01. The molecule has 1 aliphatic heterocycles. The van der Waals surface area contributed by atoms with Gasteiger partial charge in [-0.15, -0.1) is 10.2 Å². The molecule has 9 heteroatoms. The van der Waals surface area contributed by atoms with Crippen molar-refractivity contribution in [2.24, 2.45) is 0 Å². The summed E-state index contributed by atoms with van der Waals surface area (Å²) >= 11 is 1.49. The van der Waals surface area contributed by atoms with Gasteiger partial charge in [0, 0.05) is 25.6 Å². The molecule has 1 aliphatic carbocycles. The number of carbonyl (C=O) groups excluding carboxylic acids is 1. The number of anilines is 1. The van der Waals surface area contributed by atoms with Crippen LogP contribution in [0.25, 0.3) is 0 Å². The van der Waals surface area contributed by atoms with Gasteiger partial charge in [0.15, 0.2) is 0 Å². The number of hydrogen-bond acceptors (Lipinski definition) is 7. The van der Waals surface area contributed by atoms with Crippen LogP contribution in [0.1, 0.15) is 61.0 Å². The van der Waals surface area contributed by atoms with Crippen LogP contribution < -0.4 is 5.32 Å². The second kappa shape index (κ2) is 7.42. The van der Waals surface area contributed by atoms with Gasteiger partial charge < -0.3 is 5.11 Å². The zero-order chi connectivity index (χ0) is 18.1. The number of carbonyl (C=O) groups is 1. The monoisotopic (exact) mass is 376 g/mol. The Morgan fingerprint density at radius 3 is 2.96 bits per heavy atom. The summed E-state index contributed by atoms with van der Waals surface area (Å²) in [7, 11) is 0. The highest BCUT2D eigenvalue weighted by atomic mass is 32.1. The van der Waals surface area contributed by atoms with Gasteiger partial charge in [-0.1, -0.05) is 17.8 Å². The van der Waals surface area contributed by atoms with Crippen molar-refractivity contribution in [1.29, 1.82) is 0 Å². The molecule has 1 saturated carbocycles. The lowest BCUT2D eigenvalue weighted by molar-refractivity contribution is -0.117. The number of hydrogen-bond donors (Lipinski definition) is 2. The van der Waals surface area contributed by atoms with E-state index < -0.39 is 6.10 Å². The molecule has 0 spiro atoms. The van der Waals surface area contributed by atoms with E-state index in [2.05, 4.69) is 25.5 Å². The van der Waals surface area contributed by atoms with Gasteiger partial charge in [0.2, 0.25) is 11.0 Å². The third-order valence-electron chi connectivity index (χ3n) is 5.05. The topological polar surface area (TPSA) is 96.2 Å². The fourth-order valence-electron chi connectivity index (χ4n) is 3.36. The first kappa shape index (κ1) is 17.6. The maximum Gasteiger partial charge on any atom is 0.240 e. The molecule has 2 aliphatic rings. The largest absolute Gasteiger partial charge is 0.387 e. The van der Waals surface area contributed by atoms with Gasteiger partial charge >= 0.3 is 0 Å². The Labute approximate surface area is 156 Å². The summed E-state index contributed by atoms with van der Waals surface area (Å²) in [5, 5.41) is 27.0. The molecule has 1 amide bonds. The number of aliphatic hydroxyl groups is 1. The van der Waals surface area contributed by atoms with E-state index in [-0.39, 0.29) is 5.91 Å². The first-order valence-electron chi connectivity index (χ1n) is 9.19. The summed E-state index contributed by atoms with van der Waals surface area (Å²) in [6, 6.07) is 1.93. The van der Waals surface area contributed by atoms with Crippen LogP contribution >= 0.6 is 11.3 Å². The molecular formula is C17H24N6O2S. The highest BCUT2D eigenvalue weighted by Crippen LogP contribution is 2.38. The van der Waals surface area contributed by atoms with E-state index in [1.54, 1.807) is 6.92 Å². The second-order valence-corrected chi connectivity index (χ2v) is 8.15. The van der Waals surface area contributed by atoms with Crippen molar-refractivity contribution in [2.45, 2.75) is 57.7 Å². The zero-order valence-corrected chi connectivity index (χ0v) is 15.7. The van der Waals surface area contributed by atoms with Crippen LogP contribution in [0.3, 0.4) is 0 Å². The van der Waals surface area contributed by atoms with Gasteiger partial charge in [0.25, 0.3) is 0 Å². The Hall–Kier alpha value is -1.84.